The van der Waals surface area contributed by atoms with E-state index in [1.54, 1.807) is 13.8 Å². The SMILES string of the molecule is CC(C)C1CN(C(=O)C(C)(C)C(F)(F)F)C[C@@H]1F. The molecule has 1 unspecified atom stereocenters. The number of hydrogen-bond donors (Lipinski definition) is 0. The van der Waals surface area contributed by atoms with Gasteiger partial charge in [0.2, 0.25) is 5.91 Å². The second-order valence-electron chi connectivity index (χ2n) is 5.76. The summed E-state index contributed by atoms with van der Waals surface area (Å²) >= 11 is 0. The third-order valence-corrected chi connectivity index (χ3v) is 3.68. The monoisotopic (exact) mass is 269 g/mol. The highest BCUT2D eigenvalue weighted by atomic mass is 19.4. The predicted octanol–water partition coefficient (Wildman–Crippen LogP) is 3.03. The van der Waals surface area contributed by atoms with E-state index in [-0.39, 0.29) is 24.9 Å². The molecule has 6 heteroatoms. The van der Waals surface area contributed by atoms with Crippen LogP contribution in [0.1, 0.15) is 27.7 Å². The van der Waals surface area contributed by atoms with Gasteiger partial charge in [-0.15, -0.1) is 0 Å². The van der Waals surface area contributed by atoms with Crippen LogP contribution < -0.4 is 0 Å². The van der Waals surface area contributed by atoms with Crippen molar-refractivity contribution >= 4 is 5.91 Å². The zero-order chi connectivity index (χ0) is 14.3. The summed E-state index contributed by atoms with van der Waals surface area (Å²) < 4.78 is 51.9. The first-order valence-corrected chi connectivity index (χ1v) is 5.98. The summed E-state index contributed by atoms with van der Waals surface area (Å²) in [5, 5.41) is 0. The molecule has 2 nitrogen and oxygen atoms in total. The quantitative estimate of drug-likeness (QED) is 0.706. The Labute approximate surface area is 104 Å². The lowest BCUT2D eigenvalue weighted by Crippen LogP contribution is -2.48. The lowest BCUT2D eigenvalue weighted by atomic mass is 9.90. The first-order valence-electron chi connectivity index (χ1n) is 5.98. The molecule has 1 rings (SSSR count). The van der Waals surface area contributed by atoms with Gasteiger partial charge in [-0.1, -0.05) is 13.8 Å². The van der Waals surface area contributed by atoms with Crippen LogP contribution in [0.15, 0.2) is 0 Å². The fourth-order valence-corrected chi connectivity index (χ4v) is 2.10. The summed E-state index contributed by atoms with van der Waals surface area (Å²) in [6.07, 6.45) is -5.86. The van der Waals surface area contributed by atoms with Crippen molar-refractivity contribution in [3.63, 3.8) is 0 Å². The van der Waals surface area contributed by atoms with Gasteiger partial charge >= 0.3 is 6.18 Å². The van der Waals surface area contributed by atoms with Crippen LogP contribution in [0.4, 0.5) is 17.6 Å². The molecule has 0 spiro atoms. The van der Waals surface area contributed by atoms with Crippen LogP contribution in [0, 0.1) is 17.3 Å². The fraction of sp³-hybridized carbons (Fsp3) is 0.917. The molecule has 0 radical (unpaired) electrons. The number of hydrogen-bond acceptors (Lipinski definition) is 1. The standard InChI is InChI=1S/C12H19F4NO/c1-7(2)8-5-17(6-9(8)13)10(18)11(3,4)12(14,15)16/h7-9H,5-6H2,1-4H3/t8?,9-/m0/s1. The maximum absolute atomic E-state index is 13.7. The fourth-order valence-electron chi connectivity index (χ4n) is 2.10. The van der Waals surface area contributed by atoms with Crippen LogP contribution in [-0.4, -0.2) is 36.2 Å². The zero-order valence-electron chi connectivity index (χ0n) is 11.0. The Bertz CT molecular complexity index is 325. The minimum absolute atomic E-state index is 0.00630. The molecule has 1 amide bonds. The molecule has 2 atom stereocenters. The van der Waals surface area contributed by atoms with E-state index in [1.165, 1.54) is 0 Å². The van der Waals surface area contributed by atoms with Crippen molar-refractivity contribution in [1.29, 1.82) is 0 Å². The molecule has 0 N–H and O–H groups in total. The predicted molar refractivity (Wildman–Crippen MR) is 59.6 cm³/mol. The molecule has 1 heterocycles. The third kappa shape index (κ3) is 2.62. The number of alkyl halides is 4. The van der Waals surface area contributed by atoms with Gasteiger partial charge in [0.05, 0.1) is 6.54 Å². The summed E-state index contributed by atoms with van der Waals surface area (Å²) in [6.45, 7) is 5.12. The van der Waals surface area contributed by atoms with Crippen LogP contribution in [0.25, 0.3) is 0 Å². The second kappa shape index (κ2) is 4.70. The van der Waals surface area contributed by atoms with Gasteiger partial charge in [0, 0.05) is 12.5 Å². The summed E-state index contributed by atoms with van der Waals surface area (Å²) in [5.74, 6) is -1.41. The number of amides is 1. The summed E-state index contributed by atoms with van der Waals surface area (Å²) in [4.78, 5) is 12.9. The lowest BCUT2D eigenvalue weighted by Gasteiger charge is -2.31. The van der Waals surface area contributed by atoms with E-state index in [1.807, 2.05) is 0 Å². The maximum atomic E-state index is 13.7. The summed E-state index contributed by atoms with van der Waals surface area (Å²) in [6, 6.07) is 0. The lowest BCUT2D eigenvalue weighted by molar-refractivity contribution is -0.216. The minimum atomic E-state index is -4.62. The Morgan fingerprint density at radius 3 is 2.06 bits per heavy atom. The number of rotatable bonds is 2. The molecule has 0 aromatic rings. The van der Waals surface area contributed by atoms with E-state index >= 15 is 0 Å². The van der Waals surface area contributed by atoms with Gasteiger partial charge in [0.1, 0.15) is 11.6 Å². The Morgan fingerprint density at radius 1 is 1.22 bits per heavy atom. The summed E-state index contributed by atoms with van der Waals surface area (Å²) in [5.41, 5.74) is -2.46. The Kier molecular flexibility index (Phi) is 3.98. The van der Waals surface area contributed by atoms with Crippen molar-refractivity contribution in [3.05, 3.63) is 0 Å². The molecule has 0 saturated carbocycles. The van der Waals surface area contributed by atoms with E-state index in [0.29, 0.717) is 0 Å². The molecule has 1 saturated heterocycles. The smallest absolute Gasteiger partial charge is 0.339 e. The molecule has 1 aliphatic rings. The topological polar surface area (TPSA) is 20.3 Å². The van der Waals surface area contributed by atoms with Crippen molar-refractivity contribution in [2.45, 2.75) is 40.0 Å². The highest BCUT2D eigenvalue weighted by molar-refractivity contribution is 5.83. The molecule has 18 heavy (non-hydrogen) atoms. The van der Waals surface area contributed by atoms with Crippen molar-refractivity contribution in [1.82, 2.24) is 4.90 Å². The Balaban J connectivity index is 2.82. The summed E-state index contributed by atoms with van der Waals surface area (Å²) in [7, 11) is 0. The van der Waals surface area contributed by atoms with Crippen molar-refractivity contribution in [3.8, 4) is 0 Å². The van der Waals surface area contributed by atoms with Gasteiger partial charge in [-0.3, -0.25) is 4.79 Å². The minimum Gasteiger partial charge on any atom is -0.339 e. The molecular formula is C12H19F4NO. The number of nitrogens with zero attached hydrogens (tertiary/aromatic N) is 1. The zero-order valence-corrected chi connectivity index (χ0v) is 11.0. The van der Waals surface area contributed by atoms with Gasteiger partial charge in [-0.2, -0.15) is 13.2 Å². The second-order valence-corrected chi connectivity index (χ2v) is 5.76. The Morgan fingerprint density at radius 2 is 1.72 bits per heavy atom. The van der Waals surface area contributed by atoms with E-state index in [0.717, 1.165) is 18.7 Å². The molecule has 1 fully saturated rings. The molecule has 1 aliphatic heterocycles. The molecule has 0 bridgehead atoms. The van der Waals surface area contributed by atoms with Crippen molar-refractivity contribution in [2.75, 3.05) is 13.1 Å². The van der Waals surface area contributed by atoms with E-state index < -0.39 is 23.7 Å². The first kappa shape index (κ1) is 15.2. The van der Waals surface area contributed by atoms with Crippen LogP contribution >= 0.6 is 0 Å². The van der Waals surface area contributed by atoms with Crippen LogP contribution in [0.3, 0.4) is 0 Å². The average molecular weight is 269 g/mol. The van der Waals surface area contributed by atoms with Gasteiger partial charge < -0.3 is 4.90 Å². The molecule has 106 valence electrons. The first-order chi connectivity index (χ1) is 7.98. The Hall–Kier alpha value is -0.810. The molecular weight excluding hydrogens is 250 g/mol. The van der Waals surface area contributed by atoms with E-state index in [2.05, 4.69) is 0 Å². The number of likely N-dealkylation sites (tertiary alicyclic amines) is 1. The van der Waals surface area contributed by atoms with Gasteiger partial charge in [0.15, 0.2) is 0 Å². The van der Waals surface area contributed by atoms with Crippen LogP contribution in [0.5, 0.6) is 0 Å². The number of carbonyl (C=O) groups is 1. The normalized spacial score (nSPS) is 25.9. The van der Waals surface area contributed by atoms with Gasteiger partial charge in [-0.05, 0) is 19.8 Å². The molecule has 0 aromatic carbocycles. The van der Waals surface area contributed by atoms with Crippen LogP contribution in [-0.2, 0) is 4.79 Å². The van der Waals surface area contributed by atoms with Crippen LogP contribution in [0.2, 0.25) is 0 Å². The van der Waals surface area contributed by atoms with E-state index in [4.69, 9.17) is 0 Å². The maximum Gasteiger partial charge on any atom is 0.402 e. The number of halogens is 4. The van der Waals surface area contributed by atoms with Crippen molar-refractivity contribution in [2.24, 2.45) is 17.3 Å². The highest BCUT2D eigenvalue weighted by Gasteiger charge is 2.55. The van der Waals surface area contributed by atoms with E-state index in [9.17, 15) is 22.4 Å². The number of carbonyl (C=O) groups excluding carboxylic acids is 1. The van der Waals surface area contributed by atoms with Gasteiger partial charge in [0.25, 0.3) is 0 Å². The average Bonchev–Trinajstić information content (AvgIpc) is 2.57. The highest BCUT2D eigenvalue weighted by Crippen LogP contribution is 2.40. The van der Waals surface area contributed by atoms with Crippen molar-refractivity contribution < 1.29 is 22.4 Å². The van der Waals surface area contributed by atoms with Gasteiger partial charge in [-0.25, -0.2) is 4.39 Å². The largest absolute Gasteiger partial charge is 0.402 e. The molecule has 0 aliphatic carbocycles. The molecule has 0 aromatic heterocycles. The third-order valence-electron chi connectivity index (χ3n) is 3.68.